The molecule has 2 aliphatic rings. The molecule has 0 aromatic heterocycles. The molecule has 3 aromatic rings. The highest BCUT2D eigenvalue weighted by Gasteiger charge is 2.15. The third-order valence-electron chi connectivity index (χ3n) is 3.75. The second-order valence-electron chi connectivity index (χ2n) is 5.09. The van der Waals surface area contributed by atoms with Crippen molar-refractivity contribution in [2.45, 2.75) is 0 Å². The highest BCUT2D eigenvalue weighted by atomic mass is 14.2. The molecule has 0 fully saturated rings. The van der Waals surface area contributed by atoms with Gasteiger partial charge in [0.05, 0.1) is 0 Å². The minimum absolute atomic E-state index is 1.31. The van der Waals surface area contributed by atoms with Crippen LogP contribution < -0.4 is 0 Å². The third kappa shape index (κ3) is 1.96. The van der Waals surface area contributed by atoms with E-state index >= 15 is 0 Å². The molecule has 0 atom stereocenters. The average Bonchev–Trinajstić information content (AvgIpc) is 3.20. The Morgan fingerprint density at radius 2 is 0.950 bits per heavy atom. The molecule has 0 bridgehead atoms. The predicted octanol–water partition coefficient (Wildman–Crippen LogP) is 5.66. The van der Waals surface area contributed by atoms with Gasteiger partial charge in [0.25, 0.3) is 0 Å². The maximum absolute atomic E-state index is 2.24. The van der Waals surface area contributed by atoms with Crippen LogP contribution in [0.1, 0.15) is 0 Å². The van der Waals surface area contributed by atoms with Crippen LogP contribution in [0.2, 0.25) is 0 Å². The molecule has 0 saturated heterocycles. The van der Waals surface area contributed by atoms with Crippen molar-refractivity contribution in [3.05, 3.63) is 84.9 Å². The molecule has 0 N–H and O–H groups in total. The molecule has 0 spiro atoms. The van der Waals surface area contributed by atoms with Crippen LogP contribution in [0.4, 0.5) is 0 Å². The zero-order chi connectivity index (χ0) is 13.4. The monoisotopic (exact) mass is 254 g/mol. The smallest absolute Gasteiger partial charge is 0.00988 e. The number of rotatable bonds is 0. The molecule has 0 heteroatoms. The Kier molecular flexibility index (Phi) is 2.53. The number of fused-ring (bicyclic) bond motifs is 4. The SMILES string of the molecule is c1ccc2c3cc-3cc2c1.c1ccc2ccccc2c1. The standard InChI is InChI=1S/C10H6.C10H8/c1-2-4-9-7(3-1)5-8-6-10(8)9;1-2-6-10-8-4-3-7-9(10)5-1/h1-6H;1-8H. The number of hydrogen-bond acceptors (Lipinski definition) is 0. The fraction of sp³-hybridized carbons (Fsp3) is 0. The Morgan fingerprint density at radius 3 is 1.50 bits per heavy atom. The summed E-state index contributed by atoms with van der Waals surface area (Å²) < 4.78 is 0. The Hall–Kier alpha value is -2.60. The van der Waals surface area contributed by atoms with E-state index in [1.807, 2.05) is 0 Å². The second-order valence-corrected chi connectivity index (χ2v) is 5.09. The van der Waals surface area contributed by atoms with Crippen LogP contribution in [0.3, 0.4) is 0 Å². The van der Waals surface area contributed by atoms with Crippen LogP contribution >= 0.6 is 0 Å². The van der Waals surface area contributed by atoms with Gasteiger partial charge in [-0.2, -0.15) is 0 Å². The summed E-state index contributed by atoms with van der Waals surface area (Å²) in [5.41, 5.74) is 2.89. The Labute approximate surface area is 118 Å². The lowest BCUT2D eigenvalue weighted by Gasteiger charge is -1.92. The van der Waals surface area contributed by atoms with Crippen LogP contribution in [0.5, 0.6) is 0 Å². The molecule has 2 aliphatic carbocycles. The molecule has 0 amide bonds. The van der Waals surface area contributed by atoms with Gasteiger partial charge in [0, 0.05) is 0 Å². The zero-order valence-electron chi connectivity index (χ0n) is 11.1. The van der Waals surface area contributed by atoms with Crippen molar-refractivity contribution in [3.8, 4) is 11.1 Å². The van der Waals surface area contributed by atoms with E-state index in [0.717, 1.165) is 0 Å². The summed E-state index contributed by atoms with van der Waals surface area (Å²) >= 11 is 0. The summed E-state index contributed by atoms with van der Waals surface area (Å²) in [6.45, 7) is 0. The van der Waals surface area contributed by atoms with Crippen LogP contribution in [-0.2, 0) is 0 Å². The topological polar surface area (TPSA) is 0 Å². The van der Waals surface area contributed by atoms with E-state index in [2.05, 4.69) is 84.9 Å². The molecule has 0 unspecified atom stereocenters. The Balaban J connectivity index is 0.000000106. The second kappa shape index (κ2) is 4.50. The van der Waals surface area contributed by atoms with Gasteiger partial charge in [0.1, 0.15) is 0 Å². The summed E-state index contributed by atoms with van der Waals surface area (Å²) in [7, 11) is 0. The number of benzene rings is 4. The summed E-state index contributed by atoms with van der Waals surface area (Å²) in [6.07, 6.45) is 0. The first-order valence-corrected chi connectivity index (χ1v) is 6.89. The molecule has 0 radical (unpaired) electrons. The van der Waals surface area contributed by atoms with E-state index in [9.17, 15) is 0 Å². The van der Waals surface area contributed by atoms with E-state index in [1.54, 1.807) is 0 Å². The van der Waals surface area contributed by atoms with Crippen molar-refractivity contribution in [3.63, 3.8) is 0 Å². The van der Waals surface area contributed by atoms with Crippen molar-refractivity contribution in [1.82, 2.24) is 0 Å². The lowest BCUT2D eigenvalue weighted by atomic mass is 10.1. The van der Waals surface area contributed by atoms with Gasteiger partial charge < -0.3 is 0 Å². The molecule has 0 aliphatic heterocycles. The summed E-state index contributed by atoms with van der Waals surface area (Å²) in [6, 6.07) is 29.7. The molecule has 94 valence electrons. The predicted molar refractivity (Wildman–Crippen MR) is 86.9 cm³/mol. The molecule has 5 rings (SSSR count). The fourth-order valence-electron chi connectivity index (χ4n) is 2.64. The van der Waals surface area contributed by atoms with Gasteiger partial charge in [-0.05, 0) is 44.8 Å². The fourth-order valence-corrected chi connectivity index (χ4v) is 2.64. The van der Waals surface area contributed by atoms with Crippen molar-refractivity contribution in [1.29, 1.82) is 0 Å². The lowest BCUT2D eigenvalue weighted by Crippen LogP contribution is -1.67. The van der Waals surface area contributed by atoms with Crippen LogP contribution in [-0.4, -0.2) is 0 Å². The Morgan fingerprint density at radius 1 is 0.450 bits per heavy atom. The van der Waals surface area contributed by atoms with Gasteiger partial charge in [-0.1, -0.05) is 72.8 Å². The maximum Gasteiger partial charge on any atom is -0.00988 e. The molecule has 20 heavy (non-hydrogen) atoms. The normalized spacial score (nSPS) is 11.0. The van der Waals surface area contributed by atoms with Gasteiger partial charge in [0.15, 0.2) is 0 Å². The first-order valence-electron chi connectivity index (χ1n) is 6.89. The van der Waals surface area contributed by atoms with Crippen molar-refractivity contribution < 1.29 is 0 Å². The van der Waals surface area contributed by atoms with Crippen molar-refractivity contribution in [2.24, 2.45) is 0 Å². The quantitative estimate of drug-likeness (QED) is 0.334. The minimum atomic E-state index is 1.31. The number of hydrogen-bond donors (Lipinski definition) is 0. The summed E-state index contributed by atoms with van der Waals surface area (Å²) in [5.74, 6) is 0. The molecular formula is C20H14. The highest BCUT2D eigenvalue weighted by molar-refractivity contribution is 6.09. The molecular weight excluding hydrogens is 240 g/mol. The molecule has 0 nitrogen and oxygen atoms in total. The van der Waals surface area contributed by atoms with Crippen molar-refractivity contribution in [2.75, 3.05) is 0 Å². The van der Waals surface area contributed by atoms with E-state index in [1.165, 1.54) is 32.7 Å². The van der Waals surface area contributed by atoms with Gasteiger partial charge in [-0.15, -0.1) is 0 Å². The van der Waals surface area contributed by atoms with Crippen LogP contribution in [0.15, 0.2) is 84.9 Å². The van der Waals surface area contributed by atoms with Gasteiger partial charge in [-0.3, -0.25) is 0 Å². The van der Waals surface area contributed by atoms with Crippen LogP contribution in [0.25, 0.3) is 32.7 Å². The largest absolute Gasteiger partial charge is 0.0616 e. The zero-order valence-corrected chi connectivity index (χ0v) is 11.1. The Bertz CT molecular complexity index is 827. The third-order valence-corrected chi connectivity index (χ3v) is 3.75. The lowest BCUT2D eigenvalue weighted by molar-refractivity contribution is 1.75. The highest BCUT2D eigenvalue weighted by Crippen LogP contribution is 2.42. The van der Waals surface area contributed by atoms with Gasteiger partial charge in [-0.25, -0.2) is 0 Å². The van der Waals surface area contributed by atoms with E-state index in [-0.39, 0.29) is 0 Å². The summed E-state index contributed by atoms with van der Waals surface area (Å²) in [5, 5.41) is 5.42. The van der Waals surface area contributed by atoms with E-state index < -0.39 is 0 Å². The van der Waals surface area contributed by atoms with Crippen LogP contribution in [0, 0.1) is 0 Å². The van der Waals surface area contributed by atoms with Gasteiger partial charge in [0.2, 0.25) is 0 Å². The minimum Gasteiger partial charge on any atom is -0.0616 e. The first kappa shape index (κ1) is 11.2. The molecule has 3 aromatic carbocycles. The van der Waals surface area contributed by atoms with E-state index in [0.29, 0.717) is 0 Å². The maximum atomic E-state index is 2.24. The molecule has 0 heterocycles. The summed E-state index contributed by atoms with van der Waals surface area (Å²) in [4.78, 5) is 0. The van der Waals surface area contributed by atoms with Gasteiger partial charge >= 0.3 is 0 Å². The molecule has 0 saturated carbocycles. The van der Waals surface area contributed by atoms with Crippen molar-refractivity contribution >= 4 is 21.5 Å². The average molecular weight is 254 g/mol. The van der Waals surface area contributed by atoms with E-state index in [4.69, 9.17) is 0 Å². The first-order chi connectivity index (χ1) is 9.92.